The van der Waals surface area contributed by atoms with Gasteiger partial charge in [-0.25, -0.2) is 0 Å². The number of rotatable bonds is 1. The van der Waals surface area contributed by atoms with Gasteiger partial charge in [-0.15, -0.1) is 0 Å². The summed E-state index contributed by atoms with van der Waals surface area (Å²) in [7, 11) is 0. The summed E-state index contributed by atoms with van der Waals surface area (Å²) in [4.78, 5) is 25.9. The van der Waals surface area contributed by atoms with E-state index in [-0.39, 0.29) is 11.3 Å². The molecular weight excluding hydrogens is 218 g/mol. The molecule has 0 bridgehead atoms. The summed E-state index contributed by atoms with van der Waals surface area (Å²) >= 11 is 0. The third kappa shape index (κ3) is 1.93. The molecule has 0 aliphatic heterocycles. The van der Waals surface area contributed by atoms with Crippen molar-refractivity contribution in [2.75, 3.05) is 0 Å². The summed E-state index contributed by atoms with van der Waals surface area (Å²) in [5.74, 6) is -0.376. The maximum atomic E-state index is 11.8. The Balaban J connectivity index is 3.07. The van der Waals surface area contributed by atoms with E-state index in [1.165, 1.54) is 0 Å². The number of hydrogen-bond acceptors (Lipinski definition) is 3. The number of nitrogens with one attached hydrogen (secondary N) is 1. The second-order valence-corrected chi connectivity index (χ2v) is 4.27. The number of fused-ring (bicyclic) bond motifs is 1. The SMILES string of the molecule is CC(C)c1cccc2c(=O)cc(O)c(=O)[nH]c12. The van der Waals surface area contributed by atoms with E-state index in [9.17, 15) is 14.7 Å². The van der Waals surface area contributed by atoms with E-state index in [1.807, 2.05) is 19.9 Å². The monoisotopic (exact) mass is 231 g/mol. The summed E-state index contributed by atoms with van der Waals surface area (Å²) in [5.41, 5.74) is 0.369. The zero-order valence-electron chi connectivity index (χ0n) is 9.65. The number of aromatic hydroxyl groups is 1. The van der Waals surface area contributed by atoms with Gasteiger partial charge in [-0.3, -0.25) is 9.59 Å². The van der Waals surface area contributed by atoms with E-state index in [2.05, 4.69) is 4.98 Å². The molecule has 4 nitrogen and oxygen atoms in total. The summed E-state index contributed by atoms with van der Waals surface area (Å²) in [5, 5.41) is 9.77. The van der Waals surface area contributed by atoms with E-state index in [1.54, 1.807) is 12.1 Å². The zero-order chi connectivity index (χ0) is 12.6. The molecule has 2 rings (SSSR count). The van der Waals surface area contributed by atoms with Crippen LogP contribution in [0.25, 0.3) is 10.9 Å². The minimum absolute atomic E-state index is 0.179. The molecule has 88 valence electrons. The van der Waals surface area contributed by atoms with Crippen LogP contribution < -0.4 is 11.0 Å². The first-order valence-electron chi connectivity index (χ1n) is 5.40. The van der Waals surface area contributed by atoms with Gasteiger partial charge in [0.2, 0.25) is 0 Å². The van der Waals surface area contributed by atoms with Gasteiger partial charge in [0.1, 0.15) is 0 Å². The van der Waals surface area contributed by atoms with Crippen LogP contribution in [-0.4, -0.2) is 10.1 Å². The van der Waals surface area contributed by atoms with Crippen LogP contribution in [0.15, 0.2) is 33.9 Å². The van der Waals surface area contributed by atoms with Gasteiger partial charge in [-0.05, 0) is 17.5 Å². The number of hydrogen-bond donors (Lipinski definition) is 2. The number of benzene rings is 1. The van der Waals surface area contributed by atoms with Crippen molar-refractivity contribution in [1.82, 2.24) is 4.98 Å². The number of aromatic amines is 1. The first kappa shape index (κ1) is 11.4. The van der Waals surface area contributed by atoms with E-state index in [0.29, 0.717) is 10.9 Å². The smallest absolute Gasteiger partial charge is 0.290 e. The van der Waals surface area contributed by atoms with Crippen LogP contribution in [0.3, 0.4) is 0 Å². The maximum absolute atomic E-state index is 11.8. The third-order valence-corrected chi connectivity index (χ3v) is 2.72. The van der Waals surface area contributed by atoms with Gasteiger partial charge in [0.25, 0.3) is 5.56 Å². The predicted molar refractivity (Wildman–Crippen MR) is 66.6 cm³/mol. The fourth-order valence-corrected chi connectivity index (χ4v) is 1.84. The molecule has 17 heavy (non-hydrogen) atoms. The van der Waals surface area contributed by atoms with Crippen molar-refractivity contribution in [1.29, 1.82) is 0 Å². The van der Waals surface area contributed by atoms with Gasteiger partial charge in [0.05, 0.1) is 5.52 Å². The Morgan fingerprint density at radius 1 is 1.24 bits per heavy atom. The standard InChI is InChI=1S/C13H13NO3/c1-7(2)8-4-3-5-9-10(15)6-11(16)13(17)14-12(8)9/h3-7,16H,1-2H3,(H,14,17). The Kier molecular flexibility index (Phi) is 2.71. The molecule has 0 amide bonds. The lowest BCUT2D eigenvalue weighted by molar-refractivity contribution is 0.468. The molecule has 0 unspecified atom stereocenters. The van der Waals surface area contributed by atoms with Gasteiger partial charge in [0, 0.05) is 11.5 Å². The van der Waals surface area contributed by atoms with Crippen LogP contribution in [0.4, 0.5) is 0 Å². The molecule has 1 aromatic carbocycles. The molecule has 0 aliphatic rings. The van der Waals surface area contributed by atoms with Crippen molar-refractivity contribution >= 4 is 10.9 Å². The molecular formula is C13H13NO3. The first-order chi connectivity index (χ1) is 8.00. The molecule has 0 fully saturated rings. The lowest BCUT2D eigenvalue weighted by atomic mass is 10.0. The molecule has 0 saturated carbocycles. The van der Waals surface area contributed by atoms with E-state index in [0.717, 1.165) is 11.6 Å². The van der Waals surface area contributed by atoms with Crippen molar-refractivity contribution < 1.29 is 5.11 Å². The highest BCUT2D eigenvalue weighted by Crippen LogP contribution is 2.20. The van der Waals surface area contributed by atoms with Crippen molar-refractivity contribution in [3.63, 3.8) is 0 Å². The molecule has 0 radical (unpaired) electrons. The zero-order valence-corrected chi connectivity index (χ0v) is 9.65. The molecule has 0 aliphatic carbocycles. The largest absolute Gasteiger partial charge is 0.503 e. The molecule has 0 spiro atoms. The Hall–Kier alpha value is -2.10. The summed E-state index contributed by atoms with van der Waals surface area (Å²) in [6, 6.07) is 6.22. The highest BCUT2D eigenvalue weighted by atomic mass is 16.3. The van der Waals surface area contributed by atoms with Crippen LogP contribution in [0.2, 0.25) is 0 Å². The average molecular weight is 231 g/mol. The van der Waals surface area contributed by atoms with Crippen LogP contribution in [0.1, 0.15) is 25.3 Å². The van der Waals surface area contributed by atoms with Crippen LogP contribution in [0, 0.1) is 0 Å². The summed E-state index contributed by atoms with van der Waals surface area (Å²) in [6.07, 6.45) is 0. The van der Waals surface area contributed by atoms with Crippen LogP contribution >= 0.6 is 0 Å². The fourth-order valence-electron chi connectivity index (χ4n) is 1.84. The second kappa shape index (κ2) is 4.05. The molecule has 0 saturated heterocycles. The van der Waals surface area contributed by atoms with Gasteiger partial charge in [-0.2, -0.15) is 0 Å². The van der Waals surface area contributed by atoms with Gasteiger partial charge in [0.15, 0.2) is 11.2 Å². The van der Waals surface area contributed by atoms with Crippen LogP contribution in [-0.2, 0) is 0 Å². The summed E-state index contributed by atoms with van der Waals surface area (Å²) in [6.45, 7) is 3.95. The average Bonchev–Trinajstić information content (AvgIpc) is 2.37. The van der Waals surface area contributed by atoms with Gasteiger partial charge < -0.3 is 10.1 Å². The minimum atomic E-state index is -0.648. The minimum Gasteiger partial charge on any atom is -0.503 e. The van der Waals surface area contributed by atoms with Gasteiger partial charge >= 0.3 is 0 Å². The topological polar surface area (TPSA) is 70.2 Å². The third-order valence-electron chi connectivity index (χ3n) is 2.72. The second-order valence-electron chi connectivity index (χ2n) is 4.27. The van der Waals surface area contributed by atoms with Crippen LogP contribution in [0.5, 0.6) is 5.75 Å². The molecule has 4 heteroatoms. The van der Waals surface area contributed by atoms with E-state index < -0.39 is 11.3 Å². The van der Waals surface area contributed by atoms with E-state index >= 15 is 0 Å². The normalized spacial score (nSPS) is 11.0. The molecule has 2 N–H and O–H groups in total. The lowest BCUT2D eigenvalue weighted by Crippen LogP contribution is -2.02. The van der Waals surface area contributed by atoms with Crippen molar-refractivity contribution in [2.24, 2.45) is 0 Å². The number of H-pyrrole nitrogens is 1. The molecule has 0 atom stereocenters. The van der Waals surface area contributed by atoms with Crippen molar-refractivity contribution in [3.8, 4) is 5.75 Å². The molecule has 2 aromatic rings. The Morgan fingerprint density at radius 3 is 2.59 bits per heavy atom. The Labute approximate surface area is 97.6 Å². The van der Waals surface area contributed by atoms with Gasteiger partial charge in [-0.1, -0.05) is 26.0 Å². The number of aromatic nitrogens is 1. The highest BCUT2D eigenvalue weighted by molar-refractivity contribution is 5.81. The lowest BCUT2D eigenvalue weighted by Gasteiger charge is -2.06. The molecule has 1 aromatic heterocycles. The van der Waals surface area contributed by atoms with Crippen molar-refractivity contribution in [3.05, 3.63) is 50.4 Å². The number of para-hydroxylation sites is 1. The fraction of sp³-hybridized carbons (Fsp3) is 0.231. The quantitative estimate of drug-likeness (QED) is 0.785. The highest BCUT2D eigenvalue weighted by Gasteiger charge is 2.08. The maximum Gasteiger partial charge on any atom is 0.290 e. The van der Waals surface area contributed by atoms with Crippen molar-refractivity contribution in [2.45, 2.75) is 19.8 Å². The predicted octanol–water partition coefficient (Wildman–Crippen LogP) is 1.72. The summed E-state index contributed by atoms with van der Waals surface area (Å²) < 4.78 is 0. The molecule has 1 heterocycles. The Morgan fingerprint density at radius 2 is 1.94 bits per heavy atom. The first-order valence-corrected chi connectivity index (χ1v) is 5.40. The van der Waals surface area contributed by atoms with E-state index in [4.69, 9.17) is 0 Å². The Bertz CT molecular complexity index is 686.